The van der Waals surface area contributed by atoms with Crippen LogP contribution in [0.15, 0.2) is 48.8 Å². The van der Waals surface area contributed by atoms with Gasteiger partial charge in [-0.2, -0.15) is 4.37 Å². The third-order valence-corrected chi connectivity index (χ3v) is 4.04. The summed E-state index contributed by atoms with van der Waals surface area (Å²) in [6.45, 7) is 2.85. The molecule has 4 nitrogen and oxygen atoms in total. The molecular weight excluding hydrogens is 280 g/mol. The Balaban J connectivity index is 1.84. The van der Waals surface area contributed by atoms with Crippen molar-refractivity contribution in [1.29, 1.82) is 0 Å². The van der Waals surface area contributed by atoms with Crippen LogP contribution in [0, 0.1) is 6.92 Å². The maximum atomic E-state index is 6.01. The minimum absolute atomic E-state index is 0.554. The lowest BCUT2D eigenvalue weighted by Gasteiger charge is -2.08. The van der Waals surface area contributed by atoms with E-state index in [2.05, 4.69) is 45.9 Å². The van der Waals surface area contributed by atoms with E-state index in [0.717, 1.165) is 22.7 Å². The molecule has 0 fully saturated rings. The first-order chi connectivity index (χ1) is 10.2. The summed E-state index contributed by atoms with van der Waals surface area (Å²) >= 11 is 1.39. The number of aromatic nitrogens is 2. The summed E-state index contributed by atoms with van der Waals surface area (Å²) in [7, 11) is 0. The van der Waals surface area contributed by atoms with Crippen molar-refractivity contribution in [2.45, 2.75) is 13.5 Å². The molecule has 3 aromatic rings. The Morgan fingerprint density at radius 3 is 2.76 bits per heavy atom. The second-order valence-corrected chi connectivity index (χ2v) is 5.62. The van der Waals surface area contributed by atoms with Crippen molar-refractivity contribution >= 4 is 22.4 Å². The van der Waals surface area contributed by atoms with Gasteiger partial charge in [-0.25, -0.2) is 0 Å². The van der Waals surface area contributed by atoms with E-state index in [4.69, 9.17) is 5.73 Å². The minimum atomic E-state index is 0.554. The average Bonchev–Trinajstić information content (AvgIpc) is 2.87. The van der Waals surface area contributed by atoms with Crippen LogP contribution < -0.4 is 11.1 Å². The number of hydrogen-bond donors (Lipinski definition) is 2. The van der Waals surface area contributed by atoms with Crippen molar-refractivity contribution in [1.82, 2.24) is 9.36 Å². The summed E-state index contributed by atoms with van der Waals surface area (Å²) in [4.78, 5) is 4.04. The fourth-order valence-electron chi connectivity index (χ4n) is 2.23. The Bertz CT molecular complexity index is 737. The molecule has 106 valence electrons. The van der Waals surface area contributed by atoms with E-state index >= 15 is 0 Å². The number of nitrogen functional groups attached to an aromatic ring is 1. The van der Waals surface area contributed by atoms with E-state index in [1.807, 2.05) is 12.1 Å². The SMILES string of the molecule is Cc1cccc(CNc2snc(N)c2-c2ccncc2)c1. The number of nitrogens with one attached hydrogen (secondary N) is 1. The molecule has 0 saturated heterocycles. The maximum Gasteiger partial charge on any atom is 0.147 e. The molecule has 0 unspecified atom stereocenters. The van der Waals surface area contributed by atoms with E-state index in [1.54, 1.807) is 12.4 Å². The zero-order chi connectivity index (χ0) is 14.7. The summed E-state index contributed by atoms with van der Waals surface area (Å²) in [5, 5.41) is 4.42. The number of anilines is 2. The monoisotopic (exact) mass is 296 g/mol. The number of hydrogen-bond acceptors (Lipinski definition) is 5. The predicted molar refractivity (Wildman–Crippen MR) is 88.3 cm³/mol. The molecule has 0 amide bonds. The molecule has 0 radical (unpaired) electrons. The van der Waals surface area contributed by atoms with Crippen molar-refractivity contribution in [3.05, 3.63) is 59.9 Å². The van der Waals surface area contributed by atoms with Crippen LogP contribution in [0.5, 0.6) is 0 Å². The summed E-state index contributed by atoms with van der Waals surface area (Å²) < 4.78 is 4.26. The highest BCUT2D eigenvalue weighted by Gasteiger charge is 2.13. The molecule has 0 aliphatic rings. The third kappa shape index (κ3) is 3.03. The number of aryl methyl sites for hydroxylation is 1. The fraction of sp³-hybridized carbons (Fsp3) is 0.125. The lowest BCUT2D eigenvalue weighted by molar-refractivity contribution is 1.15. The van der Waals surface area contributed by atoms with E-state index in [-0.39, 0.29) is 0 Å². The van der Waals surface area contributed by atoms with Crippen LogP contribution in [0.3, 0.4) is 0 Å². The van der Waals surface area contributed by atoms with Crippen molar-refractivity contribution in [2.75, 3.05) is 11.1 Å². The molecule has 2 aromatic heterocycles. The predicted octanol–water partition coefficient (Wildman–Crippen LogP) is 3.71. The van der Waals surface area contributed by atoms with Crippen molar-refractivity contribution in [3.8, 4) is 11.1 Å². The topological polar surface area (TPSA) is 63.8 Å². The highest BCUT2D eigenvalue weighted by molar-refractivity contribution is 7.11. The largest absolute Gasteiger partial charge is 0.382 e. The van der Waals surface area contributed by atoms with Crippen LogP contribution >= 0.6 is 11.5 Å². The van der Waals surface area contributed by atoms with Gasteiger partial charge in [0.2, 0.25) is 0 Å². The van der Waals surface area contributed by atoms with Crippen LogP contribution in [0.1, 0.15) is 11.1 Å². The Morgan fingerprint density at radius 1 is 1.19 bits per heavy atom. The maximum absolute atomic E-state index is 6.01. The van der Waals surface area contributed by atoms with Crippen molar-refractivity contribution in [3.63, 3.8) is 0 Å². The molecule has 0 spiro atoms. The molecular formula is C16H16N4S. The van der Waals surface area contributed by atoms with Gasteiger partial charge < -0.3 is 11.1 Å². The second kappa shape index (κ2) is 5.93. The zero-order valence-electron chi connectivity index (χ0n) is 11.7. The van der Waals surface area contributed by atoms with Crippen LogP contribution in [-0.4, -0.2) is 9.36 Å². The van der Waals surface area contributed by atoms with Crippen molar-refractivity contribution in [2.24, 2.45) is 0 Å². The first kappa shape index (κ1) is 13.6. The molecule has 0 saturated carbocycles. The molecule has 3 rings (SSSR count). The number of nitrogens with two attached hydrogens (primary N) is 1. The molecule has 3 N–H and O–H groups in total. The summed E-state index contributed by atoms with van der Waals surface area (Å²) in [6, 6.07) is 12.3. The number of pyridine rings is 1. The number of nitrogens with zero attached hydrogens (tertiary/aromatic N) is 2. The molecule has 1 aromatic carbocycles. The first-order valence-corrected chi connectivity index (χ1v) is 7.46. The quantitative estimate of drug-likeness (QED) is 0.770. The lowest BCUT2D eigenvalue weighted by atomic mass is 10.1. The summed E-state index contributed by atoms with van der Waals surface area (Å²) in [6.07, 6.45) is 3.52. The van der Waals surface area contributed by atoms with E-state index in [0.29, 0.717) is 5.82 Å². The van der Waals surface area contributed by atoms with Gasteiger partial charge in [-0.15, -0.1) is 0 Å². The van der Waals surface area contributed by atoms with Crippen LogP contribution in [0.2, 0.25) is 0 Å². The number of rotatable bonds is 4. The van der Waals surface area contributed by atoms with Crippen LogP contribution in [-0.2, 0) is 6.54 Å². The summed E-state index contributed by atoms with van der Waals surface area (Å²) in [5.41, 5.74) is 10.5. The normalized spacial score (nSPS) is 10.5. The minimum Gasteiger partial charge on any atom is -0.382 e. The van der Waals surface area contributed by atoms with Gasteiger partial charge in [-0.05, 0) is 41.7 Å². The average molecular weight is 296 g/mol. The van der Waals surface area contributed by atoms with Gasteiger partial charge in [-0.3, -0.25) is 4.98 Å². The number of benzene rings is 1. The van der Waals surface area contributed by atoms with Gasteiger partial charge in [0.1, 0.15) is 10.8 Å². The fourth-order valence-corrected chi connectivity index (χ4v) is 2.96. The third-order valence-electron chi connectivity index (χ3n) is 3.22. The first-order valence-electron chi connectivity index (χ1n) is 6.69. The van der Waals surface area contributed by atoms with E-state index in [9.17, 15) is 0 Å². The Kier molecular flexibility index (Phi) is 3.83. The molecule has 0 bridgehead atoms. The van der Waals surface area contributed by atoms with Gasteiger partial charge in [0, 0.05) is 18.9 Å². The molecule has 2 heterocycles. The lowest BCUT2D eigenvalue weighted by Crippen LogP contribution is -1.99. The summed E-state index contributed by atoms with van der Waals surface area (Å²) in [5.74, 6) is 0.554. The van der Waals surface area contributed by atoms with Gasteiger partial charge in [-0.1, -0.05) is 29.8 Å². The van der Waals surface area contributed by atoms with Gasteiger partial charge >= 0.3 is 0 Å². The zero-order valence-corrected chi connectivity index (χ0v) is 12.5. The van der Waals surface area contributed by atoms with Crippen LogP contribution in [0.25, 0.3) is 11.1 Å². The Labute approximate surface area is 127 Å². The highest BCUT2D eigenvalue weighted by atomic mass is 32.1. The standard InChI is InChI=1S/C16H16N4S/c1-11-3-2-4-12(9-11)10-19-16-14(15(17)20-21-16)13-5-7-18-8-6-13/h2-9,19H,10H2,1H3,(H2,17,20). The van der Waals surface area contributed by atoms with Crippen molar-refractivity contribution < 1.29 is 0 Å². The van der Waals surface area contributed by atoms with E-state index in [1.165, 1.54) is 22.7 Å². The molecule has 5 heteroatoms. The molecule has 0 aliphatic carbocycles. The highest BCUT2D eigenvalue weighted by Crippen LogP contribution is 2.36. The van der Waals surface area contributed by atoms with Gasteiger partial charge in [0.15, 0.2) is 0 Å². The second-order valence-electron chi connectivity index (χ2n) is 4.85. The van der Waals surface area contributed by atoms with Gasteiger partial charge in [0.25, 0.3) is 0 Å². The van der Waals surface area contributed by atoms with Crippen LogP contribution in [0.4, 0.5) is 10.8 Å². The smallest absolute Gasteiger partial charge is 0.147 e. The molecule has 21 heavy (non-hydrogen) atoms. The van der Waals surface area contributed by atoms with E-state index < -0.39 is 0 Å². The Morgan fingerprint density at radius 2 is 2.00 bits per heavy atom. The Hall–Kier alpha value is -2.40. The molecule has 0 aliphatic heterocycles. The van der Waals surface area contributed by atoms with Gasteiger partial charge in [0.05, 0.1) is 5.56 Å². The molecule has 0 atom stereocenters.